The Morgan fingerprint density at radius 2 is 1.63 bits per heavy atom. The molecule has 0 aromatic carbocycles. The lowest BCUT2D eigenvalue weighted by atomic mass is 10.2. The summed E-state index contributed by atoms with van der Waals surface area (Å²) in [5.41, 5.74) is 11.2. The molecule has 120 valence electrons. The van der Waals surface area contributed by atoms with Gasteiger partial charge in [-0.05, 0) is 38.8 Å². The van der Waals surface area contributed by atoms with E-state index in [9.17, 15) is 4.79 Å². The van der Waals surface area contributed by atoms with Crippen molar-refractivity contribution in [3.63, 3.8) is 0 Å². The van der Waals surface area contributed by atoms with Crippen molar-refractivity contribution >= 4 is 43.2 Å². The van der Waals surface area contributed by atoms with E-state index in [1.165, 1.54) is 12.8 Å². The number of aliphatic carboxylic acids is 1. The van der Waals surface area contributed by atoms with Crippen LogP contribution in [0, 0.1) is 0 Å². The normalized spacial score (nSPS) is 10.6. The average molecular weight is 341 g/mol. The van der Waals surface area contributed by atoms with E-state index >= 15 is 0 Å². The maximum absolute atomic E-state index is 10.3. The maximum Gasteiger partial charge on any atom is 0.303 e. The quantitative estimate of drug-likeness (QED) is 0.340. The fourth-order valence-corrected chi connectivity index (χ4v) is 1.49. The van der Waals surface area contributed by atoms with E-state index in [-0.39, 0.29) is 49.8 Å². The van der Waals surface area contributed by atoms with Gasteiger partial charge in [0.05, 0.1) is 6.17 Å². The molecular formula is C11H28Cl3N3O2. The van der Waals surface area contributed by atoms with Crippen LogP contribution in [0.15, 0.2) is 0 Å². The third-order valence-corrected chi connectivity index (χ3v) is 2.44. The van der Waals surface area contributed by atoms with Crippen molar-refractivity contribution in [3.8, 4) is 0 Å². The summed E-state index contributed by atoms with van der Waals surface area (Å²) in [5, 5.41) is 11.6. The van der Waals surface area contributed by atoms with Gasteiger partial charge in [0, 0.05) is 6.42 Å². The van der Waals surface area contributed by atoms with Gasteiger partial charge in [-0.25, -0.2) is 0 Å². The van der Waals surface area contributed by atoms with Crippen LogP contribution in [0.5, 0.6) is 0 Å². The molecule has 0 aliphatic heterocycles. The summed E-state index contributed by atoms with van der Waals surface area (Å²) in [4.78, 5) is 10.3. The van der Waals surface area contributed by atoms with Crippen molar-refractivity contribution in [2.45, 2.75) is 51.1 Å². The Balaban J connectivity index is -0.000000375. The van der Waals surface area contributed by atoms with Crippen LogP contribution in [0.4, 0.5) is 0 Å². The molecule has 0 bridgehead atoms. The van der Waals surface area contributed by atoms with Crippen LogP contribution in [-0.2, 0) is 4.79 Å². The molecule has 0 rings (SSSR count). The highest BCUT2D eigenvalue weighted by atomic mass is 35.5. The lowest BCUT2D eigenvalue weighted by molar-refractivity contribution is -0.137. The molecule has 0 aromatic rings. The highest BCUT2D eigenvalue weighted by Gasteiger charge is 2.03. The van der Waals surface area contributed by atoms with Crippen molar-refractivity contribution in [3.05, 3.63) is 0 Å². The predicted molar refractivity (Wildman–Crippen MR) is 86.7 cm³/mol. The summed E-state index contributed by atoms with van der Waals surface area (Å²) in [6.07, 6.45) is 6.02. The largest absolute Gasteiger partial charge is 0.481 e. The van der Waals surface area contributed by atoms with E-state index in [2.05, 4.69) is 5.32 Å². The molecule has 0 radical (unpaired) electrons. The van der Waals surface area contributed by atoms with Crippen molar-refractivity contribution in [2.75, 3.05) is 13.1 Å². The molecule has 0 aliphatic rings. The van der Waals surface area contributed by atoms with Crippen LogP contribution in [0.1, 0.15) is 44.9 Å². The van der Waals surface area contributed by atoms with Gasteiger partial charge in [-0.1, -0.05) is 12.8 Å². The minimum absolute atomic E-state index is 0. The van der Waals surface area contributed by atoms with E-state index in [1.807, 2.05) is 0 Å². The second kappa shape index (κ2) is 20.5. The van der Waals surface area contributed by atoms with Gasteiger partial charge in [0.1, 0.15) is 0 Å². The highest BCUT2D eigenvalue weighted by molar-refractivity contribution is 5.86. The van der Waals surface area contributed by atoms with Gasteiger partial charge in [0.15, 0.2) is 0 Å². The first-order chi connectivity index (χ1) is 7.66. The van der Waals surface area contributed by atoms with Crippen LogP contribution >= 0.6 is 37.2 Å². The second-order valence-electron chi connectivity index (χ2n) is 4.05. The molecular weight excluding hydrogens is 312 g/mol. The van der Waals surface area contributed by atoms with Crippen LogP contribution < -0.4 is 16.8 Å². The molecule has 0 amide bonds. The minimum atomic E-state index is -0.756. The first kappa shape index (κ1) is 27.5. The Hall–Kier alpha value is 0.220. The highest BCUT2D eigenvalue weighted by Crippen LogP contribution is 1.99. The molecule has 6 N–H and O–H groups in total. The molecule has 0 aliphatic carbocycles. The van der Waals surface area contributed by atoms with E-state index < -0.39 is 5.97 Å². The molecule has 0 aromatic heterocycles. The minimum Gasteiger partial charge on any atom is -0.481 e. The van der Waals surface area contributed by atoms with Gasteiger partial charge in [0.25, 0.3) is 0 Å². The lowest BCUT2D eigenvalue weighted by Crippen LogP contribution is -2.37. The zero-order chi connectivity index (χ0) is 12.2. The molecule has 0 heterocycles. The summed E-state index contributed by atoms with van der Waals surface area (Å²) in [6, 6.07) is 0. The number of hydrogen-bond donors (Lipinski definition) is 4. The van der Waals surface area contributed by atoms with Gasteiger partial charge in [0.2, 0.25) is 0 Å². The third kappa shape index (κ3) is 23.7. The Morgan fingerprint density at radius 3 is 2.16 bits per heavy atom. The Kier molecular flexibility index (Phi) is 29.8. The predicted octanol–water partition coefficient (Wildman–Crippen LogP) is 1.90. The van der Waals surface area contributed by atoms with Gasteiger partial charge in [-0.2, -0.15) is 0 Å². The molecule has 0 spiro atoms. The summed E-state index contributed by atoms with van der Waals surface area (Å²) in [7, 11) is 0. The molecule has 5 nitrogen and oxygen atoms in total. The zero-order valence-electron chi connectivity index (χ0n) is 11.2. The molecule has 0 saturated carbocycles. The number of unbranched alkanes of at least 4 members (excludes halogenated alkanes) is 3. The maximum atomic E-state index is 10.3. The molecule has 1 unspecified atom stereocenters. The van der Waals surface area contributed by atoms with Crippen molar-refractivity contribution < 1.29 is 9.90 Å². The number of hydrogen-bond acceptors (Lipinski definition) is 4. The molecule has 0 saturated heterocycles. The lowest BCUT2D eigenvalue weighted by Gasteiger charge is -2.12. The second-order valence-corrected chi connectivity index (χ2v) is 4.05. The number of nitrogens with one attached hydrogen (secondary N) is 1. The van der Waals surface area contributed by atoms with Crippen LogP contribution in [0.2, 0.25) is 0 Å². The molecule has 1 atom stereocenters. The summed E-state index contributed by atoms with van der Waals surface area (Å²) in [6.45, 7) is 1.67. The number of rotatable bonds is 11. The topological polar surface area (TPSA) is 101 Å². The third-order valence-electron chi connectivity index (χ3n) is 2.44. The number of carboxylic acid groups (broad SMARTS) is 1. The van der Waals surface area contributed by atoms with Crippen molar-refractivity contribution in [1.29, 1.82) is 0 Å². The van der Waals surface area contributed by atoms with Gasteiger partial charge in [-0.3, -0.25) is 4.79 Å². The number of nitrogens with two attached hydrogens (primary N) is 2. The van der Waals surface area contributed by atoms with E-state index in [0.29, 0.717) is 6.42 Å². The summed E-state index contributed by atoms with van der Waals surface area (Å²) >= 11 is 0. The average Bonchev–Trinajstić information content (AvgIpc) is 2.22. The smallest absolute Gasteiger partial charge is 0.303 e. The van der Waals surface area contributed by atoms with Gasteiger partial charge < -0.3 is 21.9 Å². The Bertz CT molecular complexity index is 189. The molecule has 8 heteroatoms. The first-order valence-corrected chi connectivity index (χ1v) is 6.07. The van der Waals surface area contributed by atoms with Crippen LogP contribution in [-0.4, -0.2) is 30.3 Å². The SMILES string of the molecule is Cl.Cl.Cl.NCCCCCCNC(N)CCCC(=O)O. The number of halogens is 3. The van der Waals surface area contributed by atoms with Crippen LogP contribution in [0.25, 0.3) is 0 Å². The van der Waals surface area contributed by atoms with Gasteiger partial charge >= 0.3 is 5.97 Å². The number of carbonyl (C=O) groups is 1. The summed E-state index contributed by atoms with van der Waals surface area (Å²) in [5.74, 6) is -0.756. The molecule has 19 heavy (non-hydrogen) atoms. The standard InChI is InChI=1S/C11H25N3O2.3ClH/c12-8-3-1-2-4-9-14-10(13)6-5-7-11(15)16;;;/h10,14H,1-9,12-13H2,(H,15,16);3*1H. The zero-order valence-corrected chi connectivity index (χ0v) is 13.6. The van der Waals surface area contributed by atoms with E-state index in [1.54, 1.807) is 0 Å². The molecule has 0 fully saturated rings. The Morgan fingerprint density at radius 1 is 1.05 bits per heavy atom. The fourth-order valence-electron chi connectivity index (χ4n) is 1.49. The number of carboxylic acids is 1. The van der Waals surface area contributed by atoms with E-state index in [4.69, 9.17) is 16.6 Å². The Labute approximate surface area is 134 Å². The van der Waals surface area contributed by atoms with E-state index in [0.717, 1.165) is 32.4 Å². The fraction of sp³-hybridized carbons (Fsp3) is 0.909. The van der Waals surface area contributed by atoms with Crippen molar-refractivity contribution in [1.82, 2.24) is 5.32 Å². The monoisotopic (exact) mass is 339 g/mol. The summed E-state index contributed by atoms with van der Waals surface area (Å²) < 4.78 is 0. The first-order valence-electron chi connectivity index (χ1n) is 6.07. The van der Waals surface area contributed by atoms with Gasteiger partial charge in [-0.15, -0.1) is 37.2 Å². The van der Waals surface area contributed by atoms with Crippen LogP contribution in [0.3, 0.4) is 0 Å². The van der Waals surface area contributed by atoms with Crippen molar-refractivity contribution in [2.24, 2.45) is 11.5 Å².